The van der Waals surface area contributed by atoms with Gasteiger partial charge in [0.05, 0.1) is 6.10 Å². The van der Waals surface area contributed by atoms with Gasteiger partial charge in [-0.3, -0.25) is 0 Å². The predicted molar refractivity (Wildman–Crippen MR) is 69.7 cm³/mol. The second kappa shape index (κ2) is 6.61. The summed E-state index contributed by atoms with van der Waals surface area (Å²) in [6, 6.07) is 0.651. The maximum Gasteiger partial charge on any atom is 0.0658 e. The van der Waals surface area contributed by atoms with Crippen LogP contribution in [-0.2, 0) is 4.74 Å². The Balaban J connectivity index is 2.18. The molecule has 1 rings (SSSR count). The Bertz CT molecular complexity index is 195. The van der Waals surface area contributed by atoms with E-state index in [1.807, 2.05) is 0 Å². The Hall–Kier alpha value is -0.0800. The number of hydrogen-bond donors (Lipinski definition) is 1. The quantitative estimate of drug-likeness (QED) is 0.642. The van der Waals surface area contributed by atoms with Crippen LogP contribution in [0.15, 0.2) is 0 Å². The molecule has 96 valence electrons. The maximum atomic E-state index is 6.02. The van der Waals surface area contributed by atoms with Crippen molar-refractivity contribution in [2.75, 3.05) is 13.7 Å². The summed E-state index contributed by atoms with van der Waals surface area (Å²) in [5.74, 6) is 0. The third-order valence-corrected chi connectivity index (χ3v) is 4.41. The van der Waals surface area contributed by atoms with Crippen LogP contribution in [0.1, 0.15) is 59.3 Å². The first-order valence-corrected chi connectivity index (χ1v) is 6.97. The smallest absolute Gasteiger partial charge is 0.0658 e. The normalized spacial score (nSPS) is 33.8. The molecule has 3 unspecified atom stereocenters. The second-order valence-electron chi connectivity index (χ2n) is 5.36. The average Bonchev–Trinajstić information content (AvgIpc) is 2.30. The van der Waals surface area contributed by atoms with Crippen LogP contribution in [0.25, 0.3) is 0 Å². The minimum Gasteiger partial charge on any atom is -0.378 e. The molecule has 1 saturated carbocycles. The molecular formula is C14H29NO. The van der Waals surface area contributed by atoms with Gasteiger partial charge in [0, 0.05) is 18.1 Å². The summed E-state index contributed by atoms with van der Waals surface area (Å²) in [5, 5.41) is 3.40. The van der Waals surface area contributed by atoms with Gasteiger partial charge in [-0.05, 0) is 26.3 Å². The van der Waals surface area contributed by atoms with Gasteiger partial charge in [0.25, 0.3) is 0 Å². The van der Waals surface area contributed by atoms with Crippen molar-refractivity contribution in [1.29, 1.82) is 0 Å². The number of unbranched alkanes of at least 4 members (excludes halogenated alkanes) is 3. The highest BCUT2D eigenvalue weighted by Crippen LogP contribution is 2.45. The fourth-order valence-corrected chi connectivity index (χ4v) is 2.75. The molecule has 1 fully saturated rings. The van der Waals surface area contributed by atoms with Crippen molar-refractivity contribution in [2.24, 2.45) is 5.41 Å². The van der Waals surface area contributed by atoms with E-state index in [1.54, 1.807) is 0 Å². The van der Waals surface area contributed by atoms with E-state index < -0.39 is 0 Å². The summed E-state index contributed by atoms with van der Waals surface area (Å²) in [6.45, 7) is 7.83. The fourth-order valence-electron chi connectivity index (χ4n) is 2.75. The first kappa shape index (κ1) is 14.0. The number of ether oxygens (including phenoxy) is 1. The van der Waals surface area contributed by atoms with Gasteiger partial charge in [0.1, 0.15) is 0 Å². The van der Waals surface area contributed by atoms with Crippen LogP contribution in [0.2, 0.25) is 0 Å². The van der Waals surface area contributed by atoms with Crippen LogP contribution >= 0.6 is 0 Å². The molecule has 3 atom stereocenters. The van der Waals surface area contributed by atoms with Gasteiger partial charge >= 0.3 is 0 Å². The third kappa shape index (κ3) is 2.98. The second-order valence-corrected chi connectivity index (χ2v) is 5.36. The molecule has 16 heavy (non-hydrogen) atoms. The topological polar surface area (TPSA) is 21.3 Å². The predicted octanol–water partition coefficient (Wildman–Crippen LogP) is 3.36. The van der Waals surface area contributed by atoms with E-state index in [1.165, 1.54) is 38.5 Å². The lowest BCUT2D eigenvalue weighted by Crippen LogP contribution is -2.61. The molecule has 0 saturated heterocycles. The van der Waals surface area contributed by atoms with E-state index in [0.717, 1.165) is 6.61 Å². The van der Waals surface area contributed by atoms with Gasteiger partial charge in [0.2, 0.25) is 0 Å². The molecule has 0 heterocycles. The summed E-state index contributed by atoms with van der Waals surface area (Å²) in [6.07, 6.45) is 8.08. The van der Waals surface area contributed by atoms with E-state index in [2.05, 4.69) is 33.1 Å². The lowest BCUT2D eigenvalue weighted by Gasteiger charge is -2.53. The van der Waals surface area contributed by atoms with Crippen molar-refractivity contribution >= 4 is 0 Å². The molecule has 0 spiro atoms. The first-order chi connectivity index (χ1) is 7.69. The summed E-state index contributed by atoms with van der Waals surface area (Å²) in [4.78, 5) is 0. The Morgan fingerprint density at radius 2 is 2.00 bits per heavy atom. The summed E-state index contributed by atoms with van der Waals surface area (Å²) in [5.41, 5.74) is 0.361. The lowest BCUT2D eigenvalue weighted by molar-refractivity contribution is -0.127. The van der Waals surface area contributed by atoms with Gasteiger partial charge in [-0.2, -0.15) is 0 Å². The monoisotopic (exact) mass is 227 g/mol. The maximum absolute atomic E-state index is 6.02. The third-order valence-electron chi connectivity index (χ3n) is 4.41. The molecule has 0 radical (unpaired) electrons. The standard InChI is InChI=1S/C14H29NO/c1-5-7-8-9-10-16-13-11-12(15-4)14(13,3)6-2/h12-13,15H,5-11H2,1-4H3. The van der Waals surface area contributed by atoms with Crippen molar-refractivity contribution in [1.82, 2.24) is 5.32 Å². The van der Waals surface area contributed by atoms with Crippen molar-refractivity contribution in [2.45, 2.75) is 71.4 Å². The van der Waals surface area contributed by atoms with Crippen LogP contribution in [-0.4, -0.2) is 25.8 Å². The molecule has 0 aromatic carbocycles. The van der Waals surface area contributed by atoms with E-state index in [0.29, 0.717) is 17.6 Å². The minimum atomic E-state index is 0.361. The van der Waals surface area contributed by atoms with Crippen LogP contribution in [0.5, 0.6) is 0 Å². The summed E-state index contributed by atoms with van der Waals surface area (Å²) in [7, 11) is 2.07. The molecule has 0 aromatic rings. The van der Waals surface area contributed by atoms with Crippen molar-refractivity contribution in [3.05, 3.63) is 0 Å². The Morgan fingerprint density at radius 1 is 1.25 bits per heavy atom. The van der Waals surface area contributed by atoms with Crippen LogP contribution < -0.4 is 5.32 Å². The van der Waals surface area contributed by atoms with Crippen LogP contribution in [0.3, 0.4) is 0 Å². The van der Waals surface area contributed by atoms with Crippen molar-refractivity contribution in [3.63, 3.8) is 0 Å². The highest BCUT2D eigenvalue weighted by atomic mass is 16.5. The molecule has 0 bridgehead atoms. The van der Waals surface area contributed by atoms with Gasteiger partial charge < -0.3 is 10.1 Å². The van der Waals surface area contributed by atoms with Gasteiger partial charge in [-0.25, -0.2) is 0 Å². The molecule has 2 heteroatoms. The molecule has 1 N–H and O–H groups in total. The molecule has 0 aliphatic heterocycles. The molecule has 0 amide bonds. The lowest BCUT2D eigenvalue weighted by atomic mass is 9.61. The van der Waals surface area contributed by atoms with E-state index in [-0.39, 0.29) is 0 Å². The first-order valence-electron chi connectivity index (χ1n) is 6.97. The van der Waals surface area contributed by atoms with Crippen molar-refractivity contribution < 1.29 is 4.74 Å². The Labute approximate surface area is 101 Å². The largest absolute Gasteiger partial charge is 0.378 e. The molecule has 0 aromatic heterocycles. The summed E-state index contributed by atoms with van der Waals surface area (Å²) < 4.78 is 6.02. The highest BCUT2D eigenvalue weighted by molar-refractivity contribution is 5.04. The Kier molecular flexibility index (Phi) is 5.77. The molecule has 1 aliphatic rings. The van der Waals surface area contributed by atoms with Crippen LogP contribution in [0.4, 0.5) is 0 Å². The number of rotatable bonds is 8. The SMILES string of the molecule is CCCCCCOC1CC(NC)C1(C)CC. The highest BCUT2D eigenvalue weighted by Gasteiger charge is 2.50. The number of nitrogens with one attached hydrogen (secondary N) is 1. The molecular weight excluding hydrogens is 198 g/mol. The fraction of sp³-hybridized carbons (Fsp3) is 1.00. The summed E-state index contributed by atoms with van der Waals surface area (Å²) >= 11 is 0. The van der Waals surface area contributed by atoms with E-state index in [4.69, 9.17) is 4.74 Å². The van der Waals surface area contributed by atoms with E-state index >= 15 is 0 Å². The van der Waals surface area contributed by atoms with Crippen molar-refractivity contribution in [3.8, 4) is 0 Å². The molecule has 1 aliphatic carbocycles. The van der Waals surface area contributed by atoms with Gasteiger partial charge in [0.15, 0.2) is 0 Å². The Morgan fingerprint density at radius 3 is 2.56 bits per heavy atom. The zero-order valence-corrected chi connectivity index (χ0v) is 11.5. The molecule has 2 nitrogen and oxygen atoms in total. The number of hydrogen-bond acceptors (Lipinski definition) is 2. The average molecular weight is 227 g/mol. The zero-order chi connectivity index (χ0) is 12.0. The minimum absolute atomic E-state index is 0.361. The zero-order valence-electron chi connectivity index (χ0n) is 11.5. The van der Waals surface area contributed by atoms with Crippen LogP contribution in [0, 0.1) is 5.41 Å². The van der Waals surface area contributed by atoms with Gasteiger partial charge in [-0.15, -0.1) is 0 Å². The van der Waals surface area contributed by atoms with Gasteiger partial charge in [-0.1, -0.05) is 40.0 Å². The van der Waals surface area contributed by atoms with E-state index in [9.17, 15) is 0 Å².